The maximum Gasteiger partial charge on any atom is 0.251 e. The first-order chi connectivity index (χ1) is 11.1. The van der Waals surface area contributed by atoms with Crippen molar-refractivity contribution in [3.63, 3.8) is 0 Å². The molecule has 0 aromatic heterocycles. The maximum atomic E-state index is 12.7. The lowest BCUT2D eigenvalue weighted by Crippen LogP contribution is -2.52. The van der Waals surface area contributed by atoms with Crippen molar-refractivity contribution in [2.75, 3.05) is 44.2 Å². The Labute approximate surface area is 140 Å². The lowest BCUT2D eigenvalue weighted by molar-refractivity contribution is -0.123. The van der Waals surface area contributed by atoms with Crippen LogP contribution in [0.5, 0.6) is 0 Å². The molecular formula is C16H20ClN3O3. The normalized spacial score (nSPS) is 23.7. The fourth-order valence-corrected chi connectivity index (χ4v) is 3.33. The van der Waals surface area contributed by atoms with E-state index in [9.17, 15) is 9.59 Å². The summed E-state index contributed by atoms with van der Waals surface area (Å²) in [5.74, 6) is -0.326. The number of hydrogen-bond donors (Lipinski definition) is 1. The van der Waals surface area contributed by atoms with Gasteiger partial charge in [-0.05, 0) is 24.3 Å². The van der Waals surface area contributed by atoms with E-state index in [1.807, 2.05) is 0 Å². The Hall–Kier alpha value is -1.47. The summed E-state index contributed by atoms with van der Waals surface area (Å²) in [6.45, 7) is 3.88. The molecule has 0 aliphatic carbocycles. The van der Waals surface area contributed by atoms with Crippen LogP contribution in [-0.2, 0) is 9.59 Å². The fourth-order valence-electron chi connectivity index (χ4n) is 3.20. The number of β-amino-alcohol motifs (C(OH)–C–C–N with tert-alkyl or cyclic N) is 1. The molecule has 2 aliphatic heterocycles. The van der Waals surface area contributed by atoms with Gasteiger partial charge in [0.2, 0.25) is 5.91 Å². The van der Waals surface area contributed by atoms with Crippen molar-refractivity contribution in [1.29, 1.82) is 0 Å². The Morgan fingerprint density at radius 3 is 2.35 bits per heavy atom. The molecule has 2 saturated heterocycles. The number of amides is 2. The van der Waals surface area contributed by atoms with E-state index in [0.717, 1.165) is 26.2 Å². The molecule has 2 heterocycles. The zero-order chi connectivity index (χ0) is 16.4. The van der Waals surface area contributed by atoms with Gasteiger partial charge in [-0.3, -0.25) is 19.4 Å². The summed E-state index contributed by atoms with van der Waals surface area (Å²) in [4.78, 5) is 30.5. The number of carbonyl (C=O) groups is 2. The number of benzene rings is 1. The number of nitrogens with zero attached hydrogens (tertiary/aromatic N) is 3. The van der Waals surface area contributed by atoms with E-state index in [4.69, 9.17) is 16.7 Å². The first kappa shape index (κ1) is 16.4. The largest absolute Gasteiger partial charge is 0.395 e. The number of imide groups is 1. The van der Waals surface area contributed by atoms with Crippen molar-refractivity contribution < 1.29 is 14.7 Å². The molecule has 1 N–H and O–H groups in total. The SMILES string of the molecule is O=C1CC(N2CCN(CCO)CC2)C(=O)N1c1ccc(Cl)cc1. The number of anilines is 1. The van der Waals surface area contributed by atoms with Gasteiger partial charge in [-0.2, -0.15) is 0 Å². The highest BCUT2D eigenvalue weighted by atomic mass is 35.5. The Bertz CT molecular complexity index is 585. The molecule has 1 aromatic carbocycles. The molecule has 2 aliphatic rings. The van der Waals surface area contributed by atoms with Gasteiger partial charge >= 0.3 is 0 Å². The molecule has 0 saturated carbocycles. The summed E-state index contributed by atoms with van der Waals surface area (Å²) < 4.78 is 0. The Morgan fingerprint density at radius 1 is 1.09 bits per heavy atom. The number of aliphatic hydroxyl groups excluding tert-OH is 1. The summed E-state index contributed by atoms with van der Waals surface area (Å²) in [7, 11) is 0. The van der Waals surface area contributed by atoms with Gasteiger partial charge in [0.05, 0.1) is 24.8 Å². The fraction of sp³-hybridized carbons (Fsp3) is 0.500. The van der Waals surface area contributed by atoms with Gasteiger partial charge in [0.15, 0.2) is 0 Å². The Kier molecular flexibility index (Phi) is 4.96. The monoisotopic (exact) mass is 337 g/mol. The number of aliphatic hydroxyl groups is 1. The van der Waals surface area contributed by atoms with Gasteiger partial charge in [0, 0.05) is 37.7 Å². The summed E-state index contributed by atoms with van der Waals surface area (Å²) in [6, 6.07) is 6.37. The van der Waals surface area contributed by atoms with Crippen LogP contribution in [0.25, 0.3) is 0 Å². The second-order valence-electron chi connectivity index (χ2n) is 5.86. The van der Waals surface area contributed by atoms with Crippen molar-refractivity contribution in [3.8, 4) is 0 Å². The molecular weight excluding hydrogens is 318 g/mol. The van der Waals surface area contributed by atoms with Crippen LogP contribution < -0.4 is 4.90 Å². The number of hydrogen-bond acceptors (Lipinski definition) is 5. The quantitative estimate of drug-likeness (QED) is 0.814. The van der Waals surface area contributed by atoms with Gasteiger partial charge in [-0.25, -0.2) is 4.90 Å². The van der Waals surface area contributed by atoms with Crippen LogP contribution in [0, 0.1) is 0 Å². The third kappa shape index (κ3) is 3.40. The molecule has 1 atom stereocenters. The third-order valence-corrected chi connectivity index (χ3v) is 4.72. The minimum absolute atomic E-state index is 0.144. The van der Waals surface area contributed by atoms with Gasteiger partial charge in [-0.15, -0.1) is 0 Å². The van der Waals surface area contributed by atoms with Crippen LogP contribution in [0.4, 0.5) is 5.69 Å². The van der Waals surface area contributed by atoms with Crippen LogP contribution >= 0.6 is 11.6 Å². The van der Waals surface area contributed by atoms with Crippen molar-refractivity contribution in [2.24, 2.45) is 0 Å². The van der Waals surface area contributed by atoms with E-state index in [1.54, 1.807) is 24.3 Å². The molecule has 23 heavy (non-hydrogen) atoms. The first-order valence-corrected chi connectivity index (χ1v) is 8.17. The number of carbonyl (C=O) groups excluding carboxylic acids is 2. The van der Waals surface area contributed by atoms with E-state index < -0.39 is 0 Å². The van der Waals surface area contributed by atoms with E-state index in [0.29, 0.717) is 17.3 Å². The lowest BCUT2D eigenvalue weighted by atomic mass is 10.1. The molecule has 2 amide bonds. The predicted octanol–water partition coefficient (Wildman–Crippen LogP) is 0.582. The van der Waals surface area contributed by atoms with Crippen molar-refractivity contribution >= 4 is 29.1 Å². The summed E-state index contributed by atoms with van der Waals surface area (Å²) in [5.41, 5.74) is 0.575. The zero-order valence-electron chi connectivity index (χ0n) is 12.8. The van der Waals surface area contributed by atoms with Crippen LogP contribution in [-0.4, -0.2) is 72.1 Å². The smallest absolute Gasteiger partial charge is 0.251 e. The van der Waals surface area contributed by atoms with Crippen molar-refractivity contribution in [2.45, 2.75) is 12.5 Å². The number of piperazine rings is 1. The highest BCUT2D eigenvalue weighted by molar-refractivity contribution is 6.30. The van der Waals surface area contributed by atoms with Crippen LogP contribution in [0.3, 0.4) is 0 Å². The molecule has 0 bridgehead atoms. The minimum atomic E-state index is -0.380. The lowest BCUT2D eigenvalue weighted by Gasteiger charge is -2.36. The average molecular weight is 338 g/mol. The van der Waals surface area contributed by atoms with Gasteiger partial charge in [-0.1, -0.05) is 11.6 Å². The van der Waals surface area contributed by atoms with E-state index in [2.05, 4.69) is 9.80 Å². The molecule has 124 valence electrons. The standard InChI is InChI=1S/C16H20ClN3O3/c17-12-1-3-13(4-2-12)20-15(22)11-14(16(20)23)19-7-5-18(6-8-19)9-10-21/h1-4,14,21H,5-11H2. The highest BCUT2D eigenvalue weighted by Crippen LogP contribution is 2.27. The summed E-state index contributed by atoms with van der Waals surface area (Å²) >= 11 is 5.86. The van der Waals surface area contributed by atoms with Crippen LogP contribution in [0.2, 0.25) is 5.02 Å². The Morgan fingerprint density at radius 2 is 1.74 bits per heavy atom. The van der Waals surface area contributed by atoms with Gasteiger partial charge < -0.3 is 5.11 Å². The Balaban J connectivity index is 1.68. The molecule has 7 heteroatoms. The van der Waals surface area contributed by atoms with Crippen molar-refractivity contribution in [3.05, 3.63) is 29.3 Å². The van der Waals surface area contributed by atoms with Crippen LogP contribution in [0.1, 0.15) is 6.42 Å². The van der Waals surface area contributed by atoms with Gasteiger partial charge in [0.1, 0.15) is 0 Å². The third-order valence-electron chi connectivity index (χ3n) is 4.47. The molecule has 1 aromatic rings. The van der Waals surface area contributed by atoms with Crippen molar-refractivity contribution in [1.82, 2.24) is 9.80 Å². The first-order valence-electron chi connectivity index (χ1n) is 7.80. The highest BCUT2D eigenvalue weighted by Gasteiger charge is 2.43. The number of halogens is 1. The van der Waals surface area contributed by atoms with Gasteiger partial charge in [0.25, 0.3) is 5.91 Å². The van der Waals surface area contributed by atoms with E-state index >= 15 is 0 Å². The topological polar surface area (TPSA) is 64.1 Å². The molecule has 1 unspecified atom stereocenters. The molecule has 6 nitrogen and oxygen atoms in total. The molecule has 0 radical (unpaired) electrons. The number of rotatable bonds is 4. The molecule has 0 spiro atoms. The zero-order valence-corrected chi connectivity index (χ0v) is 13.6. The molecule has 2 fully saturated rings. The summed E-state index contributed by atoms with van der Waals surface area (Å²) in [5, 5.41) is 9.56. The minimum Gasteiger partial charge on any atom is -0.395 e. The maximum absolute atomic E-state index is 12.7. The van der Waals surface area contributed by atoms with E-state index in [-0.39, 0.29) is 30.9 Å². The molecule has 3 rings (SSSR count). The van der Waals surface area contributed by atoms with E-state index in [1.165, 1.54) is 4.90 Å². The second-order valence-corrected chi connectivity index (χ2v) is 6.30. The summed E-state index contributed by atoms with van der Waals surface area (Å²) in [6.07, 6.45) is 0.224. The second kappa shape index (κ2) is 6.97. The average Bonchev–Trinajstić information content (AvgIpc) is 2.84. The predicted molar refractivity (Wildman–Crippen MR) is 87.4 cm³/mol. The van der Waals surface area contributed by atoms with Crippen LogP contribution in [0.15, 0.2) is 24.3 Å².